The van der Waals surface area contributed by atoms with Crippen LogP contribution in [0.1, 0.15) is 10.4 Å². The standard InChI is InChI=1S/C10H7BrCl2O3/c1-16-7-3-2-5(8(12)9(7)13)10(15)6(14)4-11/h2-3H,4H2,1H3. The molecule has 1 aromatic carbocycles. The van der Waals surface area contributed by atoms with Crippen LogP contribution in [0.15, 0.2) is 12.1 Å². The highest BCUT2D eigenvalue weighted by molar-refractivity contribution is 9.09. The van der Waals surface area contributed by atoms with Gasteiger partial charge in [0.1, 0.15) is 10.8 Å². The Bertz CT molecular complexity index is 446. The molecule has 3 nitrogen and oxygen atoms in total. The fraction of sp³-hybridized carbons (Fsp3) is 0.200. The van der Waals surface area contributed by atoms with Crippen LogP contribution in [-0.4, -0.2) is 24.0 Å². The van der Waals surface area contributed by atoms with E-state index in [1.54, 1.807) is 0 Å². The summed E-state index contributed by atoms with van der Waals surface area (Å²) in [6, 6.07) is 2.90. The highest BCUT2D eigenvalue weighted by atomic mass is 79.9. The molecule has 0 spiro atoms. The molecule has 0 atom stereocenters. The first-order chi connectivity index (χ1) is 7.52. The second-order valence-electron chi connectivity index (χ2n) is 2.83. The maximum Gasteiger partial charge on any atom is 0.231 e. The summed E-state index contributed by atoms with van der Waals surface area (Å²) in [5.74, 6) is -0.899. The number of hydrogen-bond donors (Lipinski definition) is 0. The van der Waals surface area contributed by atoms with Crippen molar-refractivity contribution in [1.29, 1.82) is 0 Å². The predicted octanol–water partition coefficient (Wildman–Crippen LogP) is 3.15. The van der Waals surface area contributed by atoms with E-state index >= 15 is 0 Å². The Morgan fingerprint density at radius 2 is 1.94 bits per heavy atom. The Kier molecular flexibility index (Phi) is 4.77. The Morgan fingerprint density at radius 1 is 1.31 bits per heavy atom. The van der Waals surface area contributed by atoms with Gasteiger partial charge in [0.2, 0.25) is 11.6 Å². The fourth-order valence-electron chi connectivity index (χ4n) is 1.08. The van der Waals surface area contributed by atoms with Gasteiger partial charge in [-0.05, 0) is 12.1 Å². The van der Waals surface area contributed by atoms with Crippen LogP contribution in [0.5, 0.6) is 5.75 Å². The van der Waals surface area contributed by atoms with E-state index in [1.165, 1.54) is 19.2 Å². The van der Waals surface area contributed by atoms with Gasteiger partial charge in [-0.15, -0.1) is 0 Å². The van der Waals surface area contributed by atoms with Crippen molar-refractivity contribution in [2.24, 2.45) is 0 Å². The number of benzene rings is 1. The van der Waals surface area contributed by atoms with E-state index in [9.17, 15) is 9.59 Å². The monoisotopic (exact) mass is 324 g/mol. The van der Waals surface area contributed by atoms with E-state index < -0.39 is 11.6 Å². The van der Waals surface area contributed by atoms with Gasteiger partial charge in [-0.3, -0.25) is 9.59 Å². The summed E-state index contributed by atoms with van der Waals surface area (Å²) in [5.41, 5.74) is 0.0805. The largest absolute Gasteiger partial charge is 0.495 e. The Hall–Kier alpha value is -0.580. The number of methoxy groups -OCH3 is 1. The molecule has 0 radical (unpaired) electrons. The zero-order chi connectivity index (χ0) is 12.3. The lowest BCUT2D eigenvalue weighted by Crippen LogP contribution is -2.15. The van der Waals surface area contributed by atoms with Crippen LogP contribution in [-0.2, 0) is 4.79 Å². The first-order valence-electron chi connectivity index (χ1n) is 4.18. The van der Waals surface area contributed by atoms with Gasteiger partial charge < -0.3 is 4.74 Å². The lowest BCUT2D eigenvalue weighted by atomic mass is 10.1. The molecule has 0 unspecified atom stereocenters. The third kappa shape index (κ3) is 2.56. The summed E-state index contributed by atoms with van der Waals surface area (Å²) < 4.78 is 4.93. The highest BCUT2D eigenvalue weighted by Gasteiger charge is 2.20. The summed E-state index contributed by atoms with van der Waals surface area (Å²) in [5, 5.41) is 0.101. The molecule has 0 bridgehead atoms. The molecule has 16 heavy (non-hydrogen) atoms. The summed E-state index contributed by atoms with van der Waals surface area (Å²) in [7, 11) is 1.43. The number of hydrogen-bond acceptors (Lipinski definition) is 3. The lowest BCUT2D eigenvalue weighted by Gasteiger charge is -2.07. The zero-order valence-electron chi connectivity index (χ0n) is 8.22. The van der Waals surface area contributed by atoms with E-state index in [2.05, 4.69) is 15.9 Å². The maximum absolute atomic E-state index is 11.6. The topological polar surface area (TPSA) is 43.4 Å². The zero-order valence-corrected chi connectivity index (χ0v) is 11.3. The van der Waals surface area contributed by atoms with Crippen molar-refractivity contribution in [3.8, 4) is 5.75 Å². The van der Waals surface area contributed by atoms with Gasteiger partial charge in [0.05, 0.1) is 17.5 Å². The van der Waals surface area contributed by atoms with Crippen molar-refractivity contribution in [2.75, 3.05) is 12.4 Å². The maximum atomic E-state index is 11.6. The summed E-state index contributed by atoms with van der Waals surface area (Å²) >= 11 is 14.6. The second kappa shape index (κ2) is 5.66. The van der Waals surface area contributed by atoms with E-state index in [-0.39, 0.29) is 20.9 Å². The van der Waals surface area contributed by atoms with E-state index in [4.69, 9.17) is 27.9 Å². The Morgan fingerprint density at radius 3 is 2.44 bits per heavy atom. The molecule has 0 aliphatic carbocycles. The number of Topliss-reactive ketones (excluding diaryl/α,β-unsaturated/α-hetero) is 2. The summed E-state index contributed by atoms with van der Waals surface area (Å²) in [6.45, 7) is 0. The van der Waals surface area contributed by atoms with Crippen molar-refractivity contribution < 1.29 is 14.3 Å². The molecule has 0 heterocycles. The van der Waals surface area contributed by atoms with E-state index in [0.717, 1.165) is 0 Å². The molecule has 1 rings (SSSR count). The van der Waals surface area contributed by atoms with Crippen LogP contribution in [0.4, 0.5) is 0 Å². The molecule has 0 amide bonds. The number of ether oxygens (including phenoxy) is 1. The highest BCUT2D eigenvalue weighted by Crippen LogP contribution is 2.34. The van der Waals surface area contributed by atoms with Crippen molar-refractivity contribution >= 4 is 50.7 Å². The molecule has 86 valence electrons. The number of halogens is 3. The number of rotatable bonds is 4. The van der Waals surface area contributed by atoms with E-state index in [1.807, 2.05) is 0 Å². The van der Waals surface area contributed by atoms with Crippen molar-refractivity contribution in [2.45, 2.75) is 0 Å². The van der Waals surface area contributed by atoms with Gasteiger partial charge in [0.25, 0.3) is 0 Å². The third-order valence-electron chi connectivity index (χ3n) is 1.89. The minimum atomic E-state index is -0.675. The quantitative estimate of drug-likeness (QED) is 0.485. The number of carbonyl (C=O) groups is 2. The van der Waals surface area contributed by atoms with Gasteiger partial charge >= 0.3 is 0 Å². The van der Waals surface area contributed by atoms with Crippen molar-refractivity contribution in [1.82, 2.24) is 0 Å². The van der Waals surface area contributed by atoms with Gasteiger partial charge in [-0.25, -0.2) is 0 Å². The van der Waals surface area contributed by atoms with Crippen molar-refractivity contribution in [3.05, 3.63) is 27.7 Å². The molecular weight excluding hydrogens is 319 g/mol. The minimum absolute atomic E-state index is 0.0281. The van der Waals surface area contributed by atoms with Crippen molar-refractivity contribution in [3.63, 3.8) is 0 Å². The van der Waals surface area contributed by atoms with E-state index in [0.29, 0.717) is 5.75 Å². The smallest absolute Gasteiger partial charge is 0.231 e. The first kappa shape index (κ1) is 13.5. The normalized spacial score (nSPS) is 10.0. The fourth-order valence-corrected chi connectivity index (χ4v) is 1.81. The lowest BCUT2D eigenvalue weighted by molar-refractivity contribution is -0.112. The molecule has 0 N–H and O–H groups in total. The number of alkyl halides is 1. The van der Waals surface area contributed by atoms with Gasteiger partial charge in [0, 0.05) is 5.56 Å². The molecule has 0 aliphatic heterocycles. The molecule has 0 saturated heterocycles. The summed E-state index contributed by atoms with van der Waals surface area (Å²) in [4.78, 5) is 22.8. The molecule has 1 aromatic rings. The van der Waals surface area contributed by atoms with Crippen LogP contribution in [0.3, 0.4) is 0 Å². The molecule has 0 aromatic heterocycles. The van der Waals surface area contributed by atoms with Crippen LogP contribution >= 0.6 is 39.1 Å². The Balaban J connectivity index is 3.22. The second-order valence-corrected chi connectivity index (χ2v) is 4.15. The molecule has 6 heteroatoms. The first-order valence-corrected chi connectivity index (χ1v) is 6.06. The Labute approximate surface area is 111 Å². The number of carbonyl (C=O) groups excluding carboxylic acids is 2. The third-order valence-corrected chi connectivity index (χ3v) is 3.26. The average Bonchev–Trinajstić information content (AvgIpc) is 2.30. The molecular formula is C10H7BrCl2O3. The van der Waals surface area contributed by atoms with Gasteiger partial charge in [-0.1, -0.05) is 39.1 Å². The predicted molar refractivity (Wildman–Crippen MR) is 66.1 cm³/mol. The minimum Gasteiger partial charge on any atom is -0.495 e. The van der Waals surface area contributed by atoms with Crippen LogP contribution in [0.25, 0.3) is 0 Å². The number of ketones is 2. The van der Waals surface area contributed by atoms with Gasteiger partial charge in [0.15, 0.2) is 0 Å². The van der Waals surface area contributed by atoms with Gasteiger partial charge in [-0.2, -0.15) is 0 Å². The molecule has 0 fully saturated rings. The average molecular weight is 326 g/mol. The molecule has 0 aliphatic rings. The van der Waals surface area contributed by atoms with Crippen LogP contribution < -0.4 is 4.74 Å². The molecule has 0 saturated carbocycles. The van der Waals surface area contributed by atoms with Crippen LogP contribution in [0, 0.1) is 0 Å². The SMILES string of the molecule is COc1ccc(C(=O)C(=O)CBr)c(Cl)c1Cl. The summed E-state index contributed by atoms with van der Waals surface area (Å²) in [6.07, 6.45) is 0. The van der Waals surface area contributed by atoms with Crippen LogP contribution in [0.2, 0.25) is 10.0 Å².